The number of alkyl carbamates (subject to hydrolysis) is 1. The zero-order valence-electron chi connectivity index (χ0n) is 15.7. The summed E-state index contributed by atoms with van der Waals surface area (Å²) in [6, 6.07) is 5.72. The Morgan fingerprint density at radius 3 is 2.38 bits per heavy atom. The third kappa shape index (κ3) is 7.91. The number of carbonyl (C=O) groups is 1. The molecule has 5 heteroatoms. The molecular weight excluding hydrogens is 326 g/mol. The topological polar surface area (TPSA) is 47.6 Å². The molecule has 0 aliphatic rings. The lowest BCUT2D eigenvalue weighted by Crippen LogP contribution is -2.33. The number of hydrogen-bond donors (Lipinski definition) is 1. The van der Waals surface area contributed by atoms with Gasteiger partial charge in [-0.1, -0.05) is 32.4 Å². The number of rotatable bonds is 6. The van der Waals surface area contributed by atoms with E-state index in [1.54, 1.807) is 0 Å². The van der Waals surface area contributed by atoms with Crippen LogP contribution in [0.25, 0.3) is 0 Å². The van der Waals surface area contributed by atoms with Crippen LogP contribution in [0.5, 0.6) is 5.75 Å². The molecule has 0 spiro atoms. The Balaban J connectivity index is 2.35. The molecule has 0 aromatic heterocycles. The highest BCUT2D eigenvalue weighted by molar-refractivity contribution is 6.30. The van der Waals surface area contributed by atoms with Crippen LogP contribution in [0.3, 0.4) is 0 Å². The van der Waals surface area contributed by atoms with E-state index in [0.717, 1.165) is 24.2 Å². The van der Waals surface area contributed by atoms with Gasteiger partial charge >= 0.3 is 6.09 Å². The summed E-state index contributed by atoms with van der Waals surface area (Å²) in [6.07, 6.45) is 1.30. The lowest BCUT2D eigenvalue weighted by Gasteiger charge is -2.23. The molecular formula is C19H30ClNO3. The molecule has 136 valence electrons. The molecule has 4 nitrogen and oxygen atoms in total. The fourth-order valence-electron chi connectivity index (χ4n) is 2.13. The second-order valence-electron chi connectivity index (χ2n) is 7.87. The molecule has 0 saturated carbocycles. The summed E-state index contributed by atoms with van der Waals surface area (Å²) in [5.74, 6) is 0.868. The van der Waals surface area contributed by atoms with Gasteiger partial charge in [0.25, 0.3) is 0 Å². The predicted octanol–water partition coefficient (Wildman–Crippen LogP) is 5.32. The number of benzene rings is 1. The molecule has 0 aliphatic carbocycles. The van der Waals surface area contributed by atoms with Crippen molar-refractivity contribution in [3.63, 3.8) is 0 Å². The fraction of sp³-hybridized carbons (Fsp3) is 0.632. The van der Waals surface area contributed by atoms with Gasteiger partial charge in [-0.05, 0) is 57.2 Å². The van der Waals surface area contributed by atoms with Crippen LogP contribution in [0, 0.1) is 0 Å². The predicted molar refractivity (Wildman–Crippen MR) is 99.1 cm³/mol. The van der Waals surface area contributed by atoms with Gasteiger partial charge < -0.3 is 14.8 Å². The normalized spacial score (nSPS) is 12.0. The summed E-state index contributed by atoms with van der Waals surface area (Å²) in [6.45, 7) is 13.1. The number of nitrogens with one attached hydrogen (secondary N) is 1. The summed E-state index contributed by atoms with van der Waals surface area (Å²) in [5, 5.41) is 3.46. The van der Waals surface area contributed by atoms with Crippen molar-refractivity contribution in [1.29, 1.82) is 0 Å². The van der Waals surface area contributed by atoms with E-state index in [2.05, 4.69) is 26.1 Å². The third-order valence-corrected chi connectivity index (χ3v) is 3.48. The van der Waals surface area contributed by atoms with Gasteiger partial charge in [-0.2, -0.15) is 0 Å². The number of amides is 1. The Hall–Kier alpha value is -1.42. The molecule has 0 radical (unpaired) electrons. The maximum Gasteiger partial charge on any atom is 0.407 e. The number of halogens is 1. The minimum absolute atomic E-state index is 0.0293. The number of unbranched alkanes of at least 4 members (excludes halogenated alkanes) is 1. The van der Waals surface area contributed by atoms with Crippen LogP contribution in [0.15, 0.2) is 18.2 Å². The van der Waals surface area contributed by atoms with E-state index in [0.29, 0.717) is 18.2 Å². The lowest BCUT2D eigenvalue weighted by atomic mass is 9.86. The van der Waals surface area contributed by atoms with Gasteiger partial charge in [-0.15, -0.1) is 0 Å². The van der Waals surface area contributed by atoms with Crippen molar-refractivity contribution >= 4 is 17.7 Å². The number of carbonyl (C=O) groups excluding carboxylic acids is 1. The van der Waals surface area contributed by atoms with Gasteiger partial charge in [-0.3, -0.25) is 0 Å². The zero-order chi connectivity index (χ0) is 18.4. The summed E-state index contributed by atoms with van der Waals surface area (Å²) < 4.78 is 11.1. The van der Waals surface area contributed by atoms with Crippen molar-refractivity contribution in [1.82, 2.24) is 5.32 Å². The van der Waals surface area contributed by atoms with E-state index in [1.165, 1.54) is 0 Å². The summed E-state index contributed by atoms with van der Waals surface area (Å²) in [5.41, 5.74) is 0.603. The van der Waals surface area contributed by atoms with Gasteiger partial charge in [0.1, 0.15) is 11.4 Å². The molecule has 1 aromatic carbocycles. The summed E-state index contributed by atoms with van der Waals surface area (Å²) in [7, 11) is 0. The molecule has 0 fully saturated rings. The number of ether oxygens (including phenoxy) is 2. The molecule has 0 bridgehead atoms. The first kappa shape index (κ1) is 20.6. The van der Waals surface area contributed by atoms with Crippen LogP contribution in [-0.4, -0.2) is 24.8 Å². The van der Waals surface area contributed by atoms with E-state index in [4.69, 9.17) is 21.1 Å². The molecule has 1 aromatic rings. The molecule has 24 heavy (non-hydrogen) atoms. The monoisotopic (exact) mass is 355 g/mol. The average Bonchev–Trinajstić information content (AvgIpc) is 2.41. The van der Waals surface area contributed by atoms with Gasteiger partial charge in [-0.25, -0.2) is 4.79 Å². The molecule has 0 heterocycles. The van der Waals surface area contributed by atoms with Gasteiger partial charge in [0.15, 0.2) is 0 Å². The van der Waals surface area contributed by atoms with Gasteiger partial charge in [0, 0.05) is 17.1 Å². The molecule has 1 rings (SSSR count). The number of hydrogen-bond acceptors (Lipinski definition) is 3. The first-order valence-corrected chi connectivity index (χ1v) is 8.76. The van der Waals surface area contributed by atoms with E-state index in [1.807, 2.05) is 39.0 Å². The van der Waals surface area contributed by atoms with Crippen molar-refractivity contribution < 1.29 is 14.3 Å². The quantitative estimate of drug-likeness (QED) is 0.702. The maximum atomic E-state index is 11.5. The van der Waals surface area contributed by atoms with Crippen LogP contribution in [-0.2, 0) is 10.2 Å². The SMILES string of the molecule is CC(C)(C)OC(=O)NCCCCOc1ccc(Cl)cc1C(C)(C)C. The second-order valence-corrected chi connectivity index (χ2v) is 8.31. The zero-order valence-corrected chi connectivity index (χ0v) is 16.4. The van der Waals surface area contributed by atoms with E-state index < -0.39 is 5.60 Å². The summed E-state index contributed by atoms with van der Waals surface area (Å²) >= 11 is 6.09. The minimum Gasteiger partial charge on any atom is -0.493 e. The minimum atomic E-state index is -0.467. The molecule has 1 amide bonds. The van der Waals surface area contributed by atoms with Crippen molar-refractivity contribution in [2.75, 3.05) is 13.2 Å². The molecule has 1 N–H and O–H groups in total. The van der Waals surface area contributed by atoms with Crippen LogP contribution in [0.2, 0.25) is 5.02 Å². The van der Waals surface area contributed by atoms with Crippen LogP contribution >= 0.6 is 11.6 Å². The highest BCUT2D eigenvalue weighted by atomic mass is 35.5. The fourth-order valence-corrected chi connectivity index (χ4v) is 2.30. The Morgan fingerprint density at radius 2 is 1.79 bits per heavy atom. The third-order valence-electron chi connectivity index (χ3n) is 3.25. The van der Waals surface area contributed by atoms with Gasteiger partial charge in [0.05, 0.1) is 6.61 Å². The van der Waals surface area contributed by atoms with Crippen LogP contribution in [0.4, 0.5) is 4.79 Å². The maximum absolute atomic E-state index is 11.5. The Labute approximate surface area is 150 Å². The van der Waals surface area contributed by atoms with Crippen molar-refractivity contribution in [3.8, 4) is 5.75 Å². The Kier molecular flexibility index (Phi) is 7.40. The highest BCUT2D eigenvalue weighted by Crippen LogP contribution is 2.33. The molecule has 0 saturated heterocycles. The van der Waals surface area contributed by atoms with Crippen molar-refractivity contribution in [2.45, 2.75) is 65.4 Å². The summed E-state index contributed by atoms with van der Waals surface area (Å²) in [4.78, 5) is 11.5. The highest BCUT2D eigenvalue weighted by Gasteiger charge is 2.19. The van der Waals surface area contributed by atoms with E-state index in [9.17, 15) is 4.79 Å². The Morgan fingerprint density at radius 1 is 1.12 bits per heavy atom. The van der Waals surface area contributed by atoms with Crippen molar-refractivity contribution in [2.24, 2.45) is 0 Å². The largest absolute Gasteiger partial charge is 0.493 e. The molecule has 0 atom stereocenters. The first-order chi connectivity index (χ1) is 11.0. The molecule has 0 unspecified atom stereocenters. The Bertz CT molecular complexity index is 545. The van der Waals surface area contributed by atoms with E-state index in [-0.39, 0.29) is 11.5 Å². The average molecular weight is 356 g/mol. The molecule has 0 aliphatic heterocycles. The second kappa shape index (κ2) is 8.61. The van der Waals surface area contributed by atoms with Gasteiger partial charge in [0.2, 0.25) is 0 Å². The van der Waals surface area contributed by atoms with Crippen LogP contribution < -0.4 is 10.1 Å². The van der Waals surface area contributed by atoms with Crippen molar-refractivity contribution in [3.05, 3.63) is 28.8 Å². The standard InChI is InChI=1S/C19H30ClNO3/c1-18(2,3)15-13-14(20)9-10-16(15)23-12-8-7-11-21-17(22)24-19(4,5)6/h9-10,13H,7-8,11-12H2,1-6H3,(H,21,22). The van der Waals surface area contributed by atoms with E-state index >= 15 is 0 Å². The smallest absolute Gasteiger partial charge is 0.407 e. The lowest BCUT2D eigenvalue weighted by molar-refractivity contribution is 0.0526. The van der Waals surface area contributed by atoms with Crippen LogP contribution in [0.1, 0.15) is 59.9 Å². The first-order valence-electron chi connectivity index (χ1n) is 8.39.